The number of anilines is 2. The second-order valence-electron chi connectivity index (χ2n) is 8.21. The Morgan fingerprint density at radius 3 is 2.03 bits per heavy atom. The molecule has 0 bridgehead atoms. The molecule has 3 N–H and O–H groups in total. The molecule has 0 aliphatic carbocycles. The maximum atomic E-state index is 12.9. The van der Waals surface area contributed by atoms with E-state index in [9.17, 15) is 19.2 Å². The van der Waals surface area contributed by atoms with Crippen molar-refractivity contribution < 1.29 is 23.9 Å². The number of ether oxygens (including phenoxy) is 1. The third-order valence-corrected chi connectivity index (χ3v) is 5.68. The number of imide groups is 1. The topological polar surface area (TPSA) is 117 Å². The molecule has 9 heteroatoms. The van der Waals surface area contributed by atoms with Crippen LogP contribution in [0.5, 0.6) is 5.75 Å². The highest BCUT2D eigenvalue weighted by Gasteiger charge is 2.50. The van der Waals surface area contributed by atoms with E-state index >= 15 is 0 Å². The lowest BCUT2D eigenvalue weighted by Gasteiger charge is -2.25. The fourth-order valence-electron chi connectivity index (χ4n) is 4.06. The molecule has 0 radical (unpaired) electrons. The van der Waals surface area contributed by atoms with Gasteiger partial charge in [0.05, 0.1) is 7.11 Å². The van der Waals surface area contributed by atoms with E-state index in [1.165, 1.54) is 0 Å². The molecule has 2 aromatic rings. The summed E-state index contributed by atoms with van der Waals surface area (Å²) in [6, 6.07) is 12.7. The van der Waals surface area contributed by atoms with Crippen LogP contribution in [0.2, 0.25) is 0 Å². The van der Waals surface area contributed by atoms with E-state index in [0.717, 1.165) is 17.7 Å². The van der Waals surface area contributed by atoms with E-state index in [2.05, 4.69) is 16.0 Å². The lowest BCUT2D eigenvalue weighted by Crippen LogP contribution is -2.47. The van der Waals surface area contributed by atoms with Crippen LogP contribution < -0.4 is 20.7 Å². The molecule has 1 saturated heterocycles. The fraction of sp³-hybridized carbons (Fsp3) is 0.360. The quantitative estimate of drug-likeness (QED) is 0.461. The first kappa shape index (κ1) is 24.8. The van der Waals surface area contributed by atoms with Crippen LogP contribution in [0.3, 0.4) is 0 Å². The Labute approximate surface area is 198 Å². The van der Waals surface area contributed by atoms with Gasteiger partial charge in [-0.05, 0) is 61.4 Å². The van der Waals surface area contributed by atoms with Crippen molar-refractivity contribution in [3.63, 3.8) is 0 Å². The smallest absolute Gasteiger partial charge is 0.325 e. The molecule has 0 spiro atoms. The number of nitrogens with one attached hydrogen (secondary N) is 3. The van der Waals surface area contributed by atoms with Crippen molar-refractivity contribution in [3.8, 4) is 5.75 Å². The number of rotatable bonds is 10. The molecule has 0 unspecified atom stereocenters. The van der Waals surface area contributed by atoms with E-state index < -0.39 is 17.5 Å². The molecular weight excluding hydrogens is 436 g/mol. The van der Waals surface area contributed by atoms with Gasteiger partial charge in [-0.25, -0.2) is 4.79 Å². The van der Waals surface area contributed by atoms with Crippen molar-refractivity contribution in [2.75, 3.05) is 24.3 Å². The third kappa shape index (κ3) is 5.54. The normalized spacial score (nSPS) is 14.5. The fourth-order valence-corrected chi connectivity index (χ4v) is 4.06. The van der Waals surface area contributed by atoms with Crippen LogP contribution in [-0.4, -0.2) is 47.8 Å². The van der Waals surface area contributed by atoms with Crippen molar-refractivity contribution >= 4 is 35.1 Å². The standard InChI is InChI=1S/C25H30N4O5/c1-4-14-25(15-5-2)23(32)29(24(33)28-25)16-21(30)26-18-8-6-17(7-9-18)22(31)27-19-10-12-20(34-3)13-11-19/h6-13H,4-5,14-16H2,1-3H3,(H,26,30)(H,27,31)(H,28,33). The van der Waals surface area contributed by atoms with E-state index in [1.54, 1.807) is 55.6 Å². The molecule has 180 valence electrons. The summed E-state index contributed by atoms with van der Waals surface area (Å²) < 4.78 is 5.10. The van der Waals surface area contributed by atoms with Gasteiger partial charge >= 0.3 is 6.03 Å². The minimum atomic E-state index is -0.931. The van der Waals surface area contributed by atoms with Crippen LogP contribution in [0.15, 0.2) is 48.5 Å². The Kier molecular flexibility index (Phi) is 7.88. The van der Waals surface area contributed by atoms with Crippen molar-refractivity contribution in [3.05, 3.63) is 54.1 Å². The van der Waals surface area contributed by atoms with Crippen LogP contribution in [0.1, 0.15) is 49.9 Å². The van der Waals surface area contributed by atoms with E-state index in [4.69, 9.17) is 4.74 Å². The summed E-state index contributed by atoms with van der Waals surface area (Å²) in [4.78, 5) is 51.3. The molecule has 0 atom stereocenters. The number of carbonyl (C=O) groups is 4. The maximum absolute atomic E-state index is 12.9. The molecule has 0 aromatic heterocycles. The molecule has 9 nitrogen and oxygen atoms in total. The molecule has 1 heterocycles. The summed E-state index contributed by atoms with van der Waals surface area (Å²) in [6.07, 6.45) is 2.54. The summed E-state index contributed by atoms with van der Waals surface area (Å²) in [5.74, 6) is -0.470. The van der Waals surface area contributed by atoms with Crippen LogP contribution >= 0.6 is 0 Å². The molecule has 1 fully saturated rings. The Balaban J connectivity index is 1.58. The van der Waals surface area contributed by atoms with Gasteiger partial charge in [-0.15, -0.1) is 0 Å². The summed E-state index contributed by atoms with van der Waals surface area (Å²) >= 11 is 0. The van der Waals surface area contributed by atoms with Crippen molar-refractivity contribution in [2.24, 2.45) is 0 Å². The van der Waals surface area contributed by atoms with Gasteiger partial charge in [0.1, 0.15) is 17.8 Å². The molecule has 0 saturated carbocycles. The van der Waals surface area contributed by atoms with Gasteiger partial charge in [0.2, 0.25) is 5.91 Å². The zero-order valence-corrected chi connectivity index (χ0v) is 19.6. The average Bonchev–Trinajstić information content (AvgIpc) is 3.04. The number of carbonyl (C=O) groups excluding carboxylic acids is 4. The lowest BCUT2D eigenvalue weighted by atomic mass is 9.88. The zero-order chi connectivity index (χ0) is 24.7. The van der Waals surface area contributed by atoms with E-state index in [0.29, 0.717) is 35.5 Å². The summed E-state index contributed by atoms with van der Waals surface area (Å²) in [7, 11) is 1.57. The number of hydrogen-bond acceptors (Lipinski definition) is 5. The number of amides is 5. The summed E-state index contributed by atoms with van der Waals surface area (Å²) in [5, 5.41) is 8.25. The Morgan fingerprint density at radius 2 is 1.47 bits per heavy atom. The first-order valence-corrected chi connectivity index (χ1v) is 11.3. The highest BCUT2D eigenvalue weighted by Crippen LogP contribution is 2.28. The predicted molar refractivity (Wildman–Crippen MR) is 129 cm³/mol. The van der Waals surface area contributed by atoms with E-state index in [-0.39, 0.29) is 18.4 Å². The molecule has 1 aliphatic rings. The Bertz CT molecular complexity index is 1040. The number of nitrogens with zero attached hydrogens (tertiary/aromatic N) is 1. The van der Waals surface area contributed by atoms with Gasteiger partial charge in [0, 0.05) is 16.9 Å². The van der Waals surface area contributed by atoms with Gasteiger partial charge in [-0.3, -0.25) is 19.3 Å². The van der Waals surface area contributed by atoms with Crippen molar-refractivity contribution in [2.45, 2.75) is 45.1 Å². The summed E-state index contributed by atoms with van der Waals surface area (Å²) in [5.41, 5.74) is 0.553. The van der Waals surface area contributed by atoms with Gasteiger partial charge in [-0.1, -0.05) is 26.7 Å². The van der Waals surface area contributed by atoms with Crippen LogP contribution in [0.25, 0.3) is 0 Å². The highest BCUT2D eigenvalue weighted by molar-refractivity contribution is 6.10. The monoisotopic (exact) mass is 466 g/mol. The number of benzene rings is 2. The third-order valence-electron chi connectivity index (χ3n) is 5.68. The van der Waals surface area contributed by atoms with E-state index in [1.807, 2.05) is 13.8 Å². The first-order chi connectivity index (χ1) is 16.3. The van der Waals surface area contributed by atoms with Gasteiger partial charge in [-0.2, -0.15) is 0 Å². The molecule has 1 aliphatic heterocycles. The highest BCUT2D eigenvalue weighted by atomic mass is 16.5. The van der Waals surface area contributed by atoms with Crippen molar-refractivity contribution in [1.29, 1.82) is 0 Å². The number of urea groups is 1. The van der Waals surface area contributed by atoms with Crippen LogP contribution in [-0.2, 0) is 9.59 Å². The van der Waals surface area contributed by atoms with Gasteiger partial charge in [0.25, 0.3) is 11.8 Å². The van der Waals surface area contributed by atoms with Gasteiger partial charge < -0.3 is 20.7 Å². The molecule has 34 heavy (non-hydrogen) atoms. The Morgan fingerprint density at radius 1 is 0.912 bits per heavy atom. The second-order valence-corrected chi connectivity index (χ2v) is 8.21. The van der Waals surface area contributed by atoms with Crippen molar-refractivity contribution in [1.82, 2.24) is 10.2 Å². The number of methoxy groups -OCH3 is 1. The zero-order valence-electron chi connectivity index (χ0n) is 19.6. The maximum Gasteiger partial charge on any atom is 0.325 e. The Hall–Kier alpha value is -3.88. The lowest BCUT2D eigenvalue weighted by molar-refractivity contribution is -0.134. The average molecular weight is 467 g/mol. The summed E-state index contributed by atoms with van der Waals surface area (Å²) in [6.45, 7) is 3.53. The predicted octanol–water partition coefficient (Wildman–Crippen LogP) is 3.78. The minimum Gasteiger partial charge on any atom is -0.497 e. The molecule has 3 rings (SSSR count). The molecule has 5 amide bonds. The SMILES string of the molecule is CCCC1(CCC)NC(=O)N(CC(=O)Nc2ccc(C(=O)Nc3ccc(OC)cc3)cc2)C1=O. The van der Waals surface area contributed by atoms with Gasteiger partial charge in [0.15, 0.2) is 0 Å². The minimum absolute atomic E-state index is 0.300. The largest absolute Gasteiger partial charge is 0.497 e. The second kappa shape index (κ2) is 10.8. The number of hydrogen-bond donors (Lipinski definition) is 3. The molecule has 2 aromatic carbocycles. The van der Waals surface area contributed by atoms with Crippen LogP contribution in [0, 0.1) is 0 Å². The van der Waals surface area contributed by atoms with Crippen LogP contribution in [0.4, 0.5) is 16.2 Å². The molecular formula is C25H30N4O5. The first-order valence-electron chi connectivity index (χ1n) is 11.3.